The Balaban J connectivity index is 1.35. The highest BCUT2D eigenvalue weighted by Crippen LogP contribution is 2.48. The summed E-state index contributed by atoms with van der Waals surface area (Å²) in [6.07, 6.45) is 1.57. The summed E-state index contributed by atoms with van der Waals surface area (Å²) in [4.78, 5) is 15.4. The van der Waals surface area contributed by atoms with E-state index in [1.54, 1.807) is 12.1 Å². The van der Waals surface area contributed by atoms with Crippen LogP contribution in [0.15, 0.2) is 36.4 Å². The quantitative estimate of drug-likeness (QED) is 0.561. The van der Waals surface area contributed by atoms with Crippen LogP contribution in [0.2, 0.25) is 0 Å². The van der Waals surface area contributed by atoms with E-state index in [1.807, 2.05) is 0 Å². The Morgan fingerprint density at radius 3 is 2.59 bits per heavy atom. The molecule has 2 heterocycles. The Hall–Kier alpha value is -2.84. The molecule has 1 aromatic heterocycles. The molecular weight excluding hydrogens is 419 g/mol. The average molecular weight is 443 g/mol. The highest BCUT2D eigenvalue weighted by atomic mass is 19.1. The van der Waals surface area contributed by atoms with Gasteiger partial charge in [-0.25, -0.2) is 13.2 Å². The van der Waals surface area contributed by atoms with Gasteiger partial charge in [-0.15, -0.1) is 0 Å². The third kappa shape index (κ3) is 4.00. The highest BCUT2D eigenvalue weighted by molar-refractivity contribution is 5.92. The third-order valence-electron chi connectivity index (χ3n) is 6.44. The molecule has 3 N–H and O–H groups in total. The van der Waals surface area contributed by atoms with E-state index in [4.69, 9.17) is 4.74 Å². The van der Waals surface area contributed by atoms with Gasteiger partial charge in [0.15, 0.2) is 0 Å². The number of rotatable bonds is 5. The van der Waals surface area contributed by atoms with Crippen molar-refractivity contribution in [3.05, 3.63) is 59.4 Å². The molecule has 5 rings (SSSR count). The Labute approximate surface area is 183 Å². The molecule has 2 fully saturated rings. The highest BCUT2D eigenvalue weighted by Gasteiger charge is 2.35. The Morgan fingerprint density at radius 2 is 1.88 bits per heavy atom. The summed E-state index contributed by atoms with van der Waals surface area (Å²) in [7, 11) is 0. The molecule has 0 radical (unpaired) electrons. The standard InChI is InChI=1S/C24H24F3N3O2/c25-16-3-1-14(2-4-16)22-21(18-9-17(26)10-19(27)23(18)30-22)15-7-13(8-15)11-29-24(31)20-12-32-6-5-28-20/h1-4,9-10,13,15,20,28,30H,5-8,11-12H2,(H,29,31). The van der Waals surface area contributed by atoms with Crippen LogP contribution >= 0.6 is 0 Å². The predicted molar refractivity (Wildman–Crippen MR) is 115 cm³/mol. The average Bonchev–Trinajstić information content (AvgIpc) is 3.13. The smallest absolute Gasteiger partial charge is 0.239 e. The number of nitrogens with one attached hydrogen (secondary N) is 3. The number of amides is 1. The fourth-order valence-electron chi connectivity index (χ4n) is 4.75. The van der Waals surface area contributed by atoms with Crippen molar-refractivity contribution in [3.8, 4) is 11.3 Å². The molecule has 1 saturated carbocycles. The molecule has 1 aliphatic heterocycles. The lowest BCUT2D eigenvalue weighted by molar-refractivity contribution is -0.126. The van der Waals surface area contributed by atoms with Gasteiger partial charge in [-0.05, 0) is 66.1 Å². The largest absolute Gasteiger partial charge is 0.378 e. The van der Waals surface area contributed by atoms with E-state index in [9.17, 15) is 18.0 Å². The molecule has 1 aliphatic carbocycles. The Bertz CT molecular complexity index is 1130. The van der Waals surface area contributed by atoms with E-state index in [-0.39, 0.29) is 35.1 Å². The van der Waals surface area contributed by atoms with Gasteiger partial charge in [0, 0.05) is 24.5 Å². The van der Waals surface area contributed by atoms with Crippen molar-refractivity contribution in [1.82, 2.24) is 15.6 Å². The molecule has 168 valence electrons. The molecule has 0 spiro atoms. The lowest BCUT2D eigenvalue weighted by atomic mass is 9.70. The maximum Gasteiger partial charge on any atom is 0.239 e. The molecule has 0 bridgehead atoms. The molecule has 1 amide bonds. The second-order valence-corrected chi connectivity index (χ2v) is 8.59. The van der Waals surface area contributed by atoms with Crippen LogP contribution in [0.3, 0.4) is 0 Å². The van der Waals surface area contributed by atoms with Gasteiger partial charge in [-0.2, -0.15) is 0 Å². The minimum Gasteiger partial charge on any atom is -0.378 e. The van der Waals surface area contributed by atoms with Gasteiger partial charge < -0.3 is 20.4 Å². The second kappa shape index (κ2) is 8.60. The number of fused-ring (bicyclic) bond motifs is 1. The summed E-state index contributed by atoms with van der Waals surface area (Å²) in [5.41, 5.74) is 2.49. The van der Waals surface area contributed by atoms with Crippen molar-refractivity contribution in [2.24, 2.45) is 5.92 Å². The minimum absolute atomic E-state index is 0.0728. The molecule has 1 unspecified atom stereocenters. The van der Waals surface area contributed by atoms with Crippen LogP contribution in [0, 0.1) is 23.4 Å². The van der Waals surface area contributed by atoms with Gasteiger partial charge in [0.2, 0.25) is 5.91 Å². The molecule has 2 aromatic carbocycles. The zero-order valence-corrected chi connectivity index (χ0v) is 17.4. The van der Waals surface area contributed by atoms with Crippen LogP contribution in [0.25, 0.3) is 22.2 Å². The first kappa shape index (κ1) is 21.0. The summed E-state index contributed by atoms with van der Waals surface area (Å²) in [5, 5.41) is 6.62. The monoisotopic (exact) mass is 443 g/mol. The van der Waals surface area contributed by atoms with Crippen LogP contribution in [0.4, 0.5) is 13.2 Å². The summed E-state index contributed by atoms with van der Waals surface area (Å²) >= 11 is 0. The number of aromatic nitrogens is 1. The van der Waals surface area contributed by atoms with E-state index < -0.39 is 11.6 Å². The summed E-state index contributed by atoms with van der Waals surface area (Å²) in [6, 6.07) is 7.85. The zero-order chi connectivity index (χ0) is 22.2. The second-order valence-electron chi connectivity index (χ2n) is 8.59. The van der Waals surface area contributed by atoms with Crippen LogP contribution in [0.1, 0.15) is 24.3 Å². The summed E-state index contributed by atoms with van der Waals surface area (Å²) in [6.45, 7) is 2.18. The van der Waals surface area contributed by atoms with Crippen LogP contribution in [0.5, 0.6) is 0 Å². The van der Waals surface area contributed by atoms with E-state index in [0.29, 0.717) is 37.4 Å². The normalized spacial score (nSPS) is 23.2. The van der Waals surface area contributed by atoms with Crippen molar-refractivity contribution in [2.45, 2.75) is 24.8 Å². The first-order chi connectivity index (χ1) is 15.5. The molecular formula is C24H24F3N3O2. The van der Waals surface area contributed by atoms with E-state index in [2.05, 4.69) is 15.6 Å². The number of hydrogen-bond acceptors (Lipinski definition) is 3. The number of carbonyl (C=O) groups excluding carboxylic acids is 1. The van der Waals surface area contributed by atoms with Crippen molar-refractivity contribution in [3.63, 3.8) is 0 Å². The molecule has 32 heavy (non-hydrogen) atoms. The van der Waals surface area contributed by atoms with Gasteiger partial charge in [0.05, 0.1) is 24.4 Å². The topological polar surface area (TPSA) is 66.2 Å². The van der Waals surface area contributed by atoms with Crippen LogP contribution in [-0.2, 0) is 9.53 Å². The van der Waals surface area contributed by atoms with E-state index in [0.717, 1.165) is 30.0 Å². The SMILES string of the molecule is O=C(NCC1CC(c2c(-c3ccc(F)cc3)[nH]c3c(F)cc(F)cc23)C1)C1COCCN1. The first-order valence-electron chi connectivity index (χ1n) is 10.8. The maximum atomic E-state index is 14.5. The summed E-state index contributed by atoms with van der Waals surface area (Å²) in [5.74, 6) is -1.36. The van der Waals surface area contributed by atoms with Gasteiger partial charge in [0.25, 0.3) is 0 Å². The van der Waals surface area contributed by atoms with Crippen molar-refractivity contribution >= 4 is 16.8 Å². The predicted octanol–water partition coefficient (Wildman–Crippen LogP) is 3.85. The zero-order valence-electron chi connectivity index (χ0n) is 17.4. The van der Waals surface area contributed by atoms with Gasteiger partial charge in [0.1, 0.15) is 23.5 Å². The molecule has 3 aromatic rings. The molecule has 8 heteroatoms. The maximum absolute atomic E-state index is 14.5. The van der Waals surface area contributed by atoms with Gasteiger partial charge in [-0.3, -0.25) is 4.79 Å². The molecule has 1 atom stereocenters. The van der Waals surface area contributed by atoms with Crippen molar-refractivity contribution in [1.29, 1.82) is 0 Å². The number of halogens is 3. The third-order valence-corrected chi connectivity index (χ3v) is 6.44. The molecule has 5 nitrogen and oxygen atoms in total. The molecule has 1 saturated heterocycles. The van der Waals surface area contributed by atoms with Crippen LogP contribution < -0.4 is 10.6 Å². The first-order valence-corrected chi connectivity index (χ1v) is 10.8. The number of H-pyrrole nitrogens is 1. The van der Waals surface area contributed by atoms with E-state index in [1.165, 1.54) is 18.2 Å². The summed E-state index contributed by atoms with van der Waals surface area (Å²) < 4.78 is 47.3. The van der Waals surface area contributed by atoms with Gasteiger partial charge >= 0.3 is 0 Å². The number of ether oxygens (including phenoxy) is 1. The minimum atomic E-state index is -0.653. The van der Waals surface area contributed by atoms with Crippen molar-refractivity contribution in [2.75, 3.05) is 26.3 Å². The fourth-order valence-corrected chi connectivity index (χ4v) is 4.75. The lowest BCUT2D eigenvalue weighted by Crippen LogP contribution is -2.52. The van der Waals surface area contributed by atoms with Crippen molar-refractivity contribution < 1.29 is 22.7 Å². The number of hydrogen-bond donors (Lipinski definition) is 3. The Kier molecular flexibility index (Phi) is 5.65. The van der Waals surface area contributed by atoms with E-state index >= 15 is 0 Å². The number of carbonyl (C=O) groups is 1. The fraction of sp³-hybridized carbons (Fsp3) is 0.375. The molecule has 2 aliphatic rings. The number of benzene rings is 2. The number of aromatic amines is 1. The Morgan fingerprint density at radius 1 is 1.09 bits per heavy atom. The number of morpholine rings is 1. The van der Waals surface area contributed by atoms with Gasteiger partial charge in [-0.1, -0.05) is 0 Å². The van der Waals surface area contributed by atoms with Crippen LogP contribution in [-0.4, -0.2) is 43.2 Å². The lowest BCUT2D eigenvalue weighted by Gasteiger charge is -2.36.